The third-order valence-corrected chi connectivity index (χ3v) is 4.30. The lowest BCUT2D eigenvalue weighted by Crippen LogP contribution is -2.03. The largest absolute Gasteiger partial charge is 0.456 e. The Morgan fingerprint density at radius 2 is 1.65 bits per heavy atom. The Hall–Kier alpha value is -3.01. The topological polar surface area (TPSA) is 48.7 Å². The summed E-state index contributed by atoms with van der Waals surface area (Å²) in [5, 5.41) is 2.94. The minimum absolute atomic E-state index is 0.0191. The van der Waals surface area contributed by atoms with Crippen molar-refractivity contribution in [3.8, 4) is 11.5 Å². The van der Waals surface area contributed by atoms with Crippen molar-refractivity contribution in [1.82, 2.24) is 0 Å². The first-order chi connectivity index (χ1) is 11.2. The Morgan fingerprint density at radius 3 is 2.52 bits per heavy atom. The van der Waals surface area contributed by atoms with E-state index in [4.69, 9.17) is 13.9 Å². The predicted molar refractivity (Wildman–Crippen MR) is 88.4 cm³/mol. The molecule has 1 aliphatic heterocycles. The van der Waals surface area contributed by atoms with Crippen molar-refractivity contribution < 1.29 is 13.9 Å². The minimum atomic E-state index is -0.0191. The van der Waals surface area contributed by atoms with Gasteiger partial charge in [-0.1, -0.05) is 17.7 Å². The third kappa shape index (κ3) is 1.69. The van der Waals surface area contributed by atoms with Crippen LogP contribution in [0.25, 0.3) is 32.7 Å². The number of rotatable bonds is 0. The molecule has 1 aromatic heterocycles. The molecule has 2 heterocycles. The first-order valence-corrected chi connectivity index (χ1v) is 7.40. The summed E-state index contributed by atoms with van der Waals surface area (Å²) in [5.41, 5.74) is 2.20. The van der Waals surface area contributed by atoms with E-state index in [1.807, 2.05) is 49.4 Å². The zero-order valence-corrected chi connectivity index (χ0v) is 12.4. The van der Waals surface area contributed by atoms with Gasteiger partial charge in [-0.3, -0.25) is 4.79 Å². The van der Waals surface area contributed by atoms with Gasteiger partial charge >= 0.3 is 0 Å². The van der Waals surface area contributed by atoms with Crippen molar-refractivity contribution in [2.45, 2.75) is 6.92 Å². The van der Waals surface area contributed by atoms with Crippen molar-refractivity contribution in [1.29, 1.82) is 0 Å². The van der Waals surface area contributed by atoms with E-state index in [2.05, 4.69) is 0 Å². The monoisotopic (exact) mass is 304 g/mol. The van der Waals surface area contributed by atoms with Gasteiger partial charge < -0.3 is 13.9 Å². The van der Waals surface area contributed by atoms with Gasteiger partial charge in [-0.25, -0.2) is 0 Å². The van der Waals surface area contributed by atoms with Crippen LogP contribution >= 0.6 is 0 Å². The summed E-state index contributed by atoms with van der Waals surface area (Å²) in [7, 11) is 0. The Morgan fingerprint density at radius 1 is 0.870 bits per heavy atom. The van der Waals surface area contributed by atoms with Crippen molar-refractivity contribution in [3.05, 3.63) is 58.3 Å². The number of fused-ring (bicyclic) bond motifs is 5. The fourth-order valence-corrected chi connectivity index (χ4v) is 3.18. The van der Waals surface area contributed by atoms with E-state index in [0.29, 0.717) is 33.4 Å². The van der Waals surface area contributed by atoms with Gasteiger partial charge in [0.1, 0.15) is 11.2 Å². The lowest BCUT2D eigenvalue weighted by molar-refractivity contribution is 0.174. The van der Waals surface area contributed by atoms with Crippen LogP contribution in [0.4, 0.5) is 0 Å². The second-order valence-corrected chi connectivity index (χ2v) is 5.80. The highest BCUT2D eigenvalue weighted by Gasteiger charge is 2.17. The normalized spacial score (nSPS) is 13.3. The van der Waals surface area contributed by atoms with Crippen molar-refractivity contribution in [3.63, 3.8) is 0 Å². The molecule has 4 heteroatoms. The van der Waals surface area contributed by atoms with Crippen molar-refractivity contribution in [2.75, 3.05) is 6.79 Å². The smallest absolute Gasteiger partial charge is 0.231 e. The van der Waals surface area contributed by atoms with Gasteiger partial charge in [0.15, 0.2) is 11.5 Å². The predicted octanol–water partition coefficient (Wildman–Crippen LogP) is 4.14. The molecule has 0 saturated carbocycles. The number of aryl methyl sites for hydroxylation is 1. The van der Waals surface area contributed by atoms with Gasteiger partial charge in [-0.2, -0.15) is 0 Å². The van der Waals surface area contributed by atoms with Crippen LogP contribution in [0.1, 0.15) is 5.56 Å². The summed E-state index contributed by atoms with van der Waals surface area (Å²) in [6.45, 7) is 2.17. The van der Waals surface area contributed by atoms with Crippen LogP contribution in [0.3, 0.4) is 0 Å². The maximum absolute atomic E-state index is 13.0. The fraction of sp³-hybridized carbons (Fsp3) is 0.105. The number of hydrogen-bond donors (Lipinski definition) is 0. The van der Waals surface area contributed by atoms with Crippen LogP contribution < -0.4 is 14.9 Å². The highest BCUT2D eigenvalue weighted by atomic mass is 16.7. The molecule has 0 saturated heterocycles. The van der Waals surface area contributed by atoms with E-state index >= 15 is 0 Å². The van der Waals surface area contributed by atoms with Gasteiger partial charge in [0.25, 0.3) is 0 Å². The lowest BCUT2D eigenvalue weighted by Gasteiger charge is -2.06. The molecule has 4 aromatic rings. The zero-order chi connectivity index (χ0) is 15.6. The lowest BCUT2D eigenvalue weighted by atomic mass is 10.0. The molecule has 0 atom stereocenters. The molecule has 5 rings (SSSR count). The minimum Gasteiger partial charge on any atom is -0.456 e. The van der Waals surface area contributed by atoms with Gasteiger partial charge in [-0.15, -0.1) is 0 Å². The molecular weight excluding hydrogens is 292 g/mol. The standard InChI is InChI=1S/C19H12O4/c1-10-2-4-14-13(6-10)19(20)18-12-8-17-16(21-9-22-17)7-11(12)3-5-15(18)23-14/h2-8H,9H2,1H3. The van der Waals surface area contributed by atoms with Crippen LogP contribution in [0.5, 0.6) is 11.5 Å². The van der Waals surface area contributed by atoms with E-state index in [1.165, 1.54) is 0 Å². The SMILES string of the molecule is Cc1ccc2oc3ccc4cc5c(cc4c3c(=O)c2c1)OCO5. The average molecular weight is 304 g/mol. The molecule has 0 N–H and O–H groups in total. The van der Waals surface area contributed by atoms with Crippen LogP contribution in [0, 0.1) is 6.92 Å². The molecule has 0 fully saturated rings. The summed E-state index contributed by atoms with van der Waals surface area (Å²) in [4.78, 5) is 13.0. The van der Waals surface area contributed by atoms with Crippen LogP contribution in [-0.4, -0.2) is 6.79 Å². The molecule has 1 aliphatic rings. The van der Waals surface area contributed by atoms with E-state index in [9.17, 15) is 4.79 Å². The third-order valence-electron chi connectivity index (χ3n) is 4.30. The second kappa shape index (κ2) is 4.26. The number of benzene rings is 3. The molecule has 0 radical (unpaired) electrons. The number of hydrogen-bond acceptors (Lipinski definition) is 4. The van der Waals surface area contributed by atoms with Gasteiger partial charge in [0.2, 0.25) is 12.2 Å². The summed E-state index contributed by atoms with van der Waals surface area (Å²) in [6.07, 6.45) is 0. The Labute approximate surface area is 130 Å². The van der Waals surface area contributed by atoms with Gasteiger partial charge in [-0.05, 0) is 42.6 Å². The van der Waals surface area contributed by atoms with Crippen molar-refractivity contribution in [2.24, 2.45) is 0 Å². The average Bonchev–Trinajstić information content (AvgIpc) is 3.00. The Kier molecular flexibility index (Phi) is 2.32. The van der Waals surface area contributed by atoms with Crippen LogP contribution in [0.15, 0.2) is 51.7 Å². The first kappa shape index (κ1) is 12.5. The van der Waals surface area contributed by atoms with Gasteiger partial charge in [0, 0.05) is 5.39 Å². The molecule has 23 heavy (non-hydrogen) atoms. The molecule has 0 aliphatic carbocycles. The van der Waals surface area contributed by atoms with Crippen LogP contribution in [-0.2, 0) is 0 Å². The highest BCUT2D eigenvalue weighted by Crippen LogP contribution is 2.38. The first-order valence-electron chi connectivity index (χ1n) is 7.40. The summed E-state index contributed by atoms with van der Waals surface area (Å²) in [6, 6.07) is 13.2. The maximum Gasteiger partial charge on any atom is 0.231 e. The quantitative estimate of drug-likeness (QED) is 0.362. The van der Waals surface area contributed by atoms with Gasteiger partial charge in [0.05, 0.1) is 10.8 Å². The molecule has 4 nitrogen and oxygen atoms in total. The second-order valence-electron chi connectivity index (χ2n) is 5.80. The number of ether oxygens (including phenoxy) is 2. The molecular formula is C19H12O4. The molecule has 112 valence electrons. The highest BCUT2D eigenvalue weighted by molar-refractivity contribution is 6.09. The molecule has 3 aromatic carbocycles. The molecule has 0 spiro atoms. The molecule has 0 bridgehead atoms. The summed E-state index contributed by atoms with van der Waals surface area (Å²) < 4.78 is 16.8. The van der Waals surface area contributed by atoms with E-state index in [1.54, 1.807) is 0 Å². The Balaban J connectivity index is 2.01. The van der Waals surface area contributed by atoms with E-state index in [-0.39, 0.29) is 12.2 Å². The fourth-order valence-electron chi connectivity index (χ4n) is 3.18. The molecule has 0 amide bonds. The van der Waals surface area contributed by atoms with E-state index in [0.717, 1.165) is 16.3 Å². The summed E-state index contributed by atoms with van der Waals surface area (Å²) in [5.74, 6) is 1.37. The summed E-state index contributed by atoms with van der Waals surface area (Å²) >= 11 is 0. The maximum atomic E-state index is 13.0. The van der Waals surface area contributed by atoms with Crippen molar-refractivity contribution >= 4 is 32.7 Å². The molecule has 0 unspecified atom stereocenters. The zero-order valence-electron chi connectivity index (χ0n) is 12.4. The van der Waals surface area contributed by atoms with Crippen LogP contribution in [0.2, 0.25) is 0 Å². The van der Waals surface area contributed by atoms with E-state index < -0.39 is 0 Å². The Bertz CT molecular complexity index is 1170.